The minimum atomic E-state index is 0.222. The zero-order chi connectivity index (χ0) is 12.0. The molecule has 0 saturated heterocycles. The molecule has 0 amide bonds. The van der Waals surface area contributed by atoms with Gasteiger partial charge in [0.25, 0.3) is 0 Å². The van der Waals surface area contributed by atoms with Crippen LogP contribution < -0.4 is 5.32 Å². The molecular weight excluding hydrogens is 200 g/mol. The van der Waals surface area contributed by atoms with Crippen LogP contribution in [0.2, 0.25) is 0 Å². The van der Waals surface area contributed by atoms with Crippen molar-refractivity contribution in [2.75, 3.05) is 26.7 Å². The normalized spacial score (nSPS) is 19.9. The van der Waals surface area contributed by atoms with Gasteiger partial charge in [-0.3, -0.25) is 4.90 Å². The molecule has 0 radical (unpaired) electrons. The highest BCUT2D eigenvalue weighted by Gasteiger charge is 2.24. The van der Waals surface area contributed by atoms with Crippen LogP contribution in [0.5, 0.6) is 0 Å². The first-order chi connectivity index (χ1) is 7.67. The highest BCUT2D eigenvalue weighted by molar-refractivity contribution is 4.81. The number of hydrogen-bond donors (Lipinski definition) is 2. The van der Waals surface area contributed by atoms with Gasteiger partial charge < -0.3 is 10.4 Å². The summed E-state index contributed by atoms with van der Waals surface area (Å²) in [5, 5.41) is 12.4. The van der Waals surface area contributed by atoms with Gasteiger partial charge in [0.05, 0.1) is 6.61 Å². The molecule has 16 heavy (non-hydrogen) atoms. The summed E-state index contributed by atoms with van der Waals surface area (Å²) in [6.07, 6.45) is 5.44. The molecule has 96 valence electrons. The molecule has 0 aromatic rings. The lowest BCUT2D eigenvalue weighted by atomic mass is 10.1. The van der Waals surface area contributed by atoms with Gasteiger partial charge in [-0.25, -0.2) is 0 Å². The maximum atomic E-state index is 9.26. The SMILES string of the molecule is CNC(CO)CN(CC(C)C)C1CCCC1. The molecule has 1 atom stereocenters. The summed E-state index contributed by atoms with van der Waals surface area (Å²) >= 11 is 0. The van der Waals surface area contributed by atoms with Crippen LogP contribution in [0.3, 0.4) is 0 Å². The molecule has 0 spiro atoms. The smallest absolute Gasteiger partial charge is 0.0597 e. The van der Waals surface area contributed by atoms with Crippen molar-refractivity contribution in [3.8, 4) is 0 Å². The Bertz CT molecular complexity index is 175. The molecule has 3 heteroatoms. The second-order valence-corrected chi connectivity index (χ2v) is 5.45. The molecule has 3 nitrogen and oxygen atoms in total. The number of rotatable bonds is 7. The Labute approximate surface area is 100 Å². The molecular formula is C13H28N2O. The van der Waals surface area contributed by atoms with Crippen molar-refractivity contribution in [1.29, 1.82) is 0 Å². The van der Waals surface area contributed by atoms with Crippen LogP contribution in [0.1, 0.15) is 39.5 Å². The third-order valence-corrected chi connectivity index (χ3v) is 3.52. The summed E-state index contributed by atoms with van der Waals surface area (Å²) in [4.78, 5) is 2.58. The average molecular weight is 228 g/mol. The molecule has 0 heterocycles. The second-order valence-electron chi connectivity index (χ2n) is 5.45. The monoisotopic (exact) mass is 228 g/mol. The van der Waals surface area contributed by atoms with Crippen molar-refractivity contribution in [2.45, 2.75) is 51.6 Å². The molecule has 0 aromatic heterocycles. The van der Waals surface area contributed by atoms with Crippen LogP contribution in [0, 0.1) is 5.92 Å². The van der Waals surface area contributed by atoms with Crippen LogP contribution in [0.15, 0.2) is 0 Å². The predicted molar refractivity (Wildman–Crippen MR) is 68.6 cm³/mol. The van der Waals surface area contributed by atoms with E-state index in [-0.39, 0.29) is 12.6 Å². The summed E-state index contributed by atoms with van der Waals surface area (Å²) in [7, 11) is 1.93. The molecule has 1 aliphatic carbocycles. The Morgan fingerprint density at radius 3 is 2.31 bits per heavy atom. The molecule has 0 bridgehead atoms. The largest absolute Gasteiger partial charge is 0.395 e. The van der Waals surface area contributed by atoms with Crippen molar-refractivity contribution in [3.05, 3.63) is 0 Å². The topological polar surface area (TPSA) is 35.5 Å². The van der Waals surface area contributed by atoms with E-state index in [0.29, 0.717) is 5.92 Å². The molecule has 1 aliphatic rings. The van der Waals surface area contributed by atoms with E-state index in [0.717, 1.165) is 19.1 Å². The van der Waals surface area contributed by atoms with Gasteiger partial charge in [0.2, 0.25) is 0 Å². The van der Waals surface area contributed by atoms with Gasteiger partial charge in [-0.2, -0.15) is 0 Å². The Kier molecular flexibility index (Phi) is 6.32. The van der Waals surface area contributed by atoms with Gasteiger partial charge in [0.15, 0.2) is 0 Å². The van der Waals surface area contributed by atoms with Crippen LogP contribution >= 0.6 is 0 Å². The van der Waals surface area contributed by atoms with Crippen molar-refractivity contribution in [1.82, 2.24) is 10.2 Å². The number of nitrogens with one attached hydrogen (secondary N) is 1. The molecule has 1 fully saturated rings. The number of likely N-dealkylation sites (N-methyl/N-ethyl adjacent to an activating group) is 1. The Hall–Kier alpha value is -0.120. The van der Waals surface area contributed by atoms with E-state index >= 15 is 0 Å². The molecule has 2 N–H and O–H groups in total. The zero-order valence-electron chi connectivity index (χ0n) is 11.1. The number of hydrogen-bond acceptors (Lipinski definition) is 3. The first-order valence-electron chi connectivity index (χ1n) is 6.69. The fraction of sp³-hybridized carbons (Fsp3) is 1.00. The van der Waals surface area contributed by atoms with E-state index in [1.807, 2.05) is 7.05 Å². The van der Waals surface area contributed by atoms with E-state index in [9.17, 15) is 5.11 Å². The Morgan fingerprint density at radius 2 is 1.88 bits per heavy atom. The number of nitrogens with zero attached hydrogens (tertiary/aromatic N) is 1. The maximum absolute atomic E-state index is 9.26. The Balaban J connectivity index is 2.48. The van der Waals surface area contributed by atoms with E-state index in [4.69, 9.17) is 0 Å². The average Bonchev–Trinajstić information content (AvgIpc) is 2.76. The summed E-state index contributed by atoms with van der Waals surface area (Å²) in [6, 6.07) is 0.976. The van der Waals surface area contributed by atoms with E-state index in [1.54, 1.807) is 0 Å². The third kappa shape index (κ3) is 4.40. The maximum Gasteiger partial charge on any atom is 0.0597 e. The van der Waals surface area contributed by atoms with Crippen molar-refractivity contribution in [3.63, 3.8) is 0 Å². The van der Waals surface area contributed by atoms with Crippen LogP contribution in [0.25, 0.3) is 0 Å². The molecule has 1 saturated carbocycles. The number of aliphatic hydroxyl groups excluding tert-OH is 1. The zero-order valence-corrected chi connectivity index (χ0v) is 11.1. The molecule has 0 aliphatic heterocycles. The molecule has 1 unspecified atom stereocenters. The summed E-state index contributed by atoms with van der Waals surface area (Å²) < 4.78 is 0. The quantitative estimate of drug-likeness (QED) is 0.692. The Morgan fingerprint density at radius 1 is 1.25 bits per heavy atom. The van der Waals surface area contributed by atoms with E-state index < -0.39 is 0 Å². The van der Waals surface area contributed by atoms with E-state index in [1.165, 1.54) is 25.7 Å². The van der Waals surface area contributed by atoms with Gasteiger partial charge in [-0.1, -0.05) is 26.7 Å². The van der Waals surface area contributed by atoms with Gasteiger partial charge in [-0.15, -0.1) is 0 Å². The second kappa shape index (κ2) is 7.25. The first kappa shape index (κ1) is 13.9. The third-order valence-electron chi connectivity index (χ3n) is 3.52. The van der Waals surface area contributed by atoms with Gasteiger partial charge >= 0.3 is 0 Å². The van der Waals surface area contributed by atoms with Crippen molar-refractivity contribution in [2.24, 2.45) is 5.92 Å². The highest BCUT2D eigenvalue weighted by Crippen LogP contribution is 2.24. The van der Waals surface area contributed by atoms with Crippen LogP contribution in [-0.4, -0.2) is 48.8 Å². The fourth-order valence-corrected chi connectivity index (χ4v) is 2.63. The predicted octanol–water partition coefficient (Wildman–Crippen LogP) is 1.47. The van der Waals surface area contributed by atoms with Gasteiger partial charge in [0, 0.05) is 25.2 Å². The standard InChI is InChI=1S/C13H28N2O/c1-11(2)8-15(9-12(10-16)14-3)13-6-4-5-7-13/h11-14,16H,4-10H2,1-3H3. The molecule has 0 aromatic carbocycles. The lowest BCUT2D eigenvalue weighted by Gasteiger charge is -2.33. The molecule has 1 rings (SSSR count). The summed E-state index contributed by atoms with van der Waals surface area (Å²) in [6.45, 7) is 6.92. The first-order valence-corrected chi connectivity index (χ1v) is 6.69. The lowest BCUT2D eigenvalue weighted by molar-refractivity contribution is 0.135. The highest BCUT2D eigenvalue weighted by atomic mass is 16.3. The van der Waals surface area contributed by atoms with E-state index in [2.05, 4.69) is 24.1 Å². The van der Waals surface area contributed by atoms with Crippen molar-refractivity contribution < 1.29 is 5.11 Å². The summed E-state index contributed by atoms with van der Waals surface area (Å²) in [5.41, 5.74) is 0. The minimum absolute atomic E-state index is 0.222. The minimum Gasteiger partial charge on any atom is -0.395 e. The van der Waals surface area contributed by atoms with Crippen LogP contribution in [-0.2, 0) is 0 Å². The lowest BCUT2D eigenvalue weighted by Crippen LogP contribution is -2.46. The number of aliphatic hydroxyl groups is 1. The summed E-state index contributed by atoms with van der Waals surface area (Å²) in [5.74, 6) is 0.705. The van der Waals surface area contributed by atoms with Crippen molar-refractivity contribution >= 4 is 0 Å². The van der Waals surface area contributed by atoms with Gasteiger partial charge in [-0.05, 0) is 25.8 Å². The van der Waals surface area contributed by atoms with Gasteiger partial charge in [0.1, 0.15) is 0 Å². The van der Waals surface area contributed by atoms with Crippen LogP contribution in [0.4, 0.5) is 0 Å². The fourth-order valence-electron chi connectivity index (χ4n) is 2.63.